The van der Waals surface area contributed by atoms with Crippen molar-refractivity contribution in [3.8, 4) is 33.4 Å². The number of fused-ring (bicyclic) bond motifs is 8. The highest BCUT2D eigenvalue weighted by Crippen LogP contribution is 2.42. The number of rotatable bonds is 6. The van der Waals surface area contributed by atoms with Gasteiger partial charge in [-0.05, 0) is 99.2 Å². The molecule has 258 valence electrons. The van der Waals surface area contributed by atoms with Crippen LogP contribution in [0.3, 0.4) is 0 Å². The second-order valence-corrected chi connectivity index (χ2v) is 13.2. The molecule has 2 heterocycles. The van der Waals surface area contributed by atoms with Gasteiger partial charge in [0.2, 0.25) is 0 Å². The highest BCUT2D eigenvalue weighted by atomic mass is 16.3. The predicted octanol–water partition coefficient (Wildman–Crippen LogP) is 15.1. The molecule has 3 heteroatoms. The molecule has 0 aliphatic rings. The van der Waals surface area contributed by atoms with Crippen LogP contribution in [0, 0.1) is 0 Å². The fraction of sp³-hybridized carbons (Fsp3) is 0. The molecule has 3 nitrogen and oxygen atoms in total. The molecule has 0 amide bonds. The average molecular weight is 716 g/mol. The summed E-state index contributed by atoms with van der Waals surface area (Å²) in [5, 5.41) is 4.18. The summed E-state index contributed by atoms with van der Waals surface area (Å²) in [5.41, 5.74) is 6.33. The van der Waals surface area contributed by atoms with Gasteiger partial charge in [0, 0.05) is 44.2 Å². The zero-order valence-corrected chi connectivity index (χ0v) is 28.9. The standard InChI is InChI=1S/C52H33NO2/c1-2-10-34(11-3-1)35-22-27-40(28-23-35)53(42-13-8-12-39(32-42)43-16-9-17-45-44-14-4-6-18-48(44)55-52(43)45)41-29-24-36(25-30-41)38-21-20-37-26-31-50-51(47(37)33-38)46-15-5-7-19-49(46)54-50/h1-33H/i1D,2D,3D,4D,6D,9D,10D,11D,14D,16D,17D,18D. The summed E-state index contributed by atoms with van der Waals surface area (Å²) in [5.74, 6) is 0. The maximum atomic E-state index is 9.12. The Morgan fingerprint density at radius 2 is 1.09 bits per heavy atom. The van der Waals surface area contributed by atoms with E-state index >= 15 is 0 Å². The molecule has 0 aliphatic heterocycles. The lowest BCUT2D eigenvalue weighted by atomic mass is 9.97. The fourth-order valence-electron chi connectivity index (χ4n) is 7.48. The van der Waals surface area contributed by atoms with Gasteiger partial charge in [0.05, 0.1) is 16.4 Å². The Balaban J connectivity index is 1.07. The first-order valence-electron chi connectivity index (χ1n) is 23.7. The lowest BCUT2D eigenvalue weighted by Crippen LogP contribution is -2.10. The minimum absolute atomic E-state index is 0.00876. The predicted molar refractivity (Wildman–Crippen MR) is 229 cm³/mol. The van der Waals surface area contributed by atoms with Crippen LogP contribution < -0.4 is 4.90 Å². The van der Waals surface area contributed by atoms with Gasteiger partial charge in [-0.1, -0.05) is 139 Å². The molecule has 0 unspecified atom stereocenters. The van der Waals surface area contributed by atoms with Crippen LogP contribution in [-0.2, 0) is 0 Å². The third-order valence-electron chi connectivity index (χ3n) is 10.1. The highest BCUT2D eigenvalue weighted by molar-refractivity contribution is 6.19. The summed E-state index contributed by atoms with van der Waals surface area (Å²) >= 11 is 0. The van der Waals surface area contributed by atoms with Gasteiger partial charge >= 0.3 is 0 Å². The molecule has 0 saturated carbocycles. The third-order valence-corrected chi connectivity index (χ3v) is 10.1. The zero-order valence-electron chi connectivity index (χ0n) is 40.9. The first-order chi connectivity index (χ1) is 32.2. The van der Waals surface area contributed by atoms with Crippen LogP contribution in [0.2, 0.25) is 0 Å². The molecule has 11 rings (SSSR count). The minimum atomic E-state index is -0.507. The summed E-state index contributed by atoms with van der Waals surface area (Å²) in [6.45, 7) is 0. The van der Waals surface area contributed by atoms with E-state index in [-0.39, 0.29) is 51.2 Å². The topological polar surface area (TPSA) is 29.5 Å². The molecule has 2 aromatic heterocycles. The minimum Gasteiger partial charge on any atom is -0.456 e. The van der Waals surface area contributed by atoms with E-state index in [4.69, 9.17) is 25.3 Å². The number of furan rings is 2. The largest absolute Gasteiger partial charge is 0.456 e. The summed E-state index contributed by atoms with van der Waals surface area (Å²) in [6.07, 6.45) is 0. The van der Waals surface area contributed by atoms with Crippen molar-refractivity contribution >= 4 is 71.7 Å². The molecule has 0 spiro atoms. The van der Waals surface area contributed by atoms with Crippen LogP contribution in [0.1, 0.15) is 16.4 Å². The maximum absolute atomic E-state index is 9.12. The van der Waals surface area contributed by atoms with E-state index < -0.39 is 54.4 Å². The molecule has 55 heavy (non-hydrogen) atoms. The summed E-state index contributed by atoms with van der Waals surface area (Å²) in [6, 6.07) is 35.4. The van der Waals surface area contributed by atoms with Crippen molar-refractivity contribution in [2.24, 2.45) is 0 Å². The Bertz CT molecular complexity index is 3870. The first kappa shape index (κ1) is 21.4. The Hall–Kier alpha value is -7.36. The van der Waals surface area contributed by atoms with Gasteiger partial charge in [-0.15, -0.1) is 0 Å². The van der Waals surface area contributed by atoms with Crippen LogP contribution >= 0.6 is 0 Å². The van der Waals surface area contributed by atoms with Crippen molar-refractivity contribution in [2.75, 3.05) is 4.90 Å². The van der Waals surface area contributed by atoms with Crippen molar-refractivity contribution in [2.45, 2.75) is 0 Å². The van der Waals surface area contributed by atoms with Gasteiger partial charge in [-0.25, -0.2) is 0 Å². The molecule has 0 radical (unpaired) electrons. The summed E-state index contributed by atoms with van der Waals surface area (Å²) in [7, 11) is 0. The molecule has 0 atom stereocenters. The Labute approximate surface area is 334 Å². The number of hydrogen-bond acceptors (Lipinski definition) is 3. The smallest absolute Gasteiger partial charge is 0.143 e. The average Bonchev–Trinajstić information content (AvgIpc) is 3.94. The molecule has 0 aliphatic carbocycles. The van der Waals surface area contributed by atoms with E-state index in [1.54, 1.807) is 42.5 Å². The molecule has 0 fully saturated rings. The van der Waals surface area contributed by atoms with Gasteiger partial charge in [0.1, 0.15) is 22.3 Å². The van der Waals surface area contributed by atoms with Crippen LogP contribution in [0.25, 0.3) is 88.0 Å². The van der Waals surface area contributed by atoms with E-state index in [9.17, 15) is 0 Å². The van der Waals surface area contributed by atoms with E-state index in [1.165, 1.54) is 0 Å². The lowest BCUT2D eigenvalue weighted by molar-refractivity contribution is 0.669. The molecule has 9 aromatic carbocycles. The number of benzene rings is 9. The number of anilines is 3. The van der Waals surface area contributed by atoms with Crippen LogP contribution in [0.4, 0.5) is 17.1 Å². The van der Waals surface area contributed by atoms with Crippen LogP contribution in [0.15, 0.2) is 209 Å². The van der Waals surface area contributed by atoms with Crippen molar-refractivity contribution in [3.05, 3.63) is 200 Å². The number of para-hydroxylation sites is 3. The second-order valence-electron chi connectivity index (χ2n) is 13.2. The molecule has 11 aromatic rings. The summed E-state index contributed by atoms with van der Waals surface area (Å²) in [4.78, 5) is 1.95. The highest BCUT2D eigenvalue weighted by Gasteiger charge is 2.17. The molecular formula is C52H33NO2. The fourth-order valence-corrected chi connectivity index (χ4v) is 7.48. The van der Waals surface area contributed by atoms with Crippen LogP contribution in [0.5, 0.6) is 0 Å². The molecule has 0 saturated heterocycles. The van der Waals surface area contributed by atoms with Gasteiger partial charge in [0.15, 0.2) is 0 Å². The van der Waals surface area contributed by atoms with Crippen LogP contribution in [-0.4, -0.2) is 0 Å². The quantitative estimate of drug-likeness (QED) is 0.172. The number of nitrogens with zero attached hydrogens (tertiary/aromatic N) is 1. The van der Waals surface area contributed by atoms with Crippen molar-refractivity contribution in [1.82, 2.24) is 0 Å². The van der Waals surface area contributed by atoms with Gasteiger partial charge in [-0.2, -0.15) is 0 Å². The zero-order chi connectivity index (χ0) is 46.7. The van der Waals surface area contributed by atoms with Gasteiger partial charge in [0.25, 0.3) is 0 Å². The number of hydrogen-bond donors (Lipinski definition) is 0. The van der Waals surface area contributed by atoms with Crippen molar-refractivity contribution in [3.63, 3.8) is 0 Å². The van der Waals surface area contributed by atoms with Crippen molar-refractivity contribution < 1.29 is 25.3 Å². The third kappa shape index (κ3) is 5.28. The molecular weight excluding hydrogens is 671 g/mol. The monoisotopic (exact) mass is 715 g/mol. The Kier molecular flexibility index (Phi) is 4.91. The second kappa shape index (κ2) is 12.6. The molecule has 0 bridgehead atoms. The van der Waals surface area contributed by atoms with Crippen molar-refractivity contribution in [1.29, 1.82) is 0 Å². The Morgan fingerprint density at radius 3 is 1.93 bits per heavy atom. The van der Waals surface area contributed by atoms with Gasteiger partial charge in [-0.3, -0.25) is 0 Å². The van der Waals surface area contributed by atoms with E-state index in [0.717, 1.165) is 43.8 Å². The van der Waals surface area contributed by atoms with E-state index in [0.29, 0.717) is 28.2 Å². The Morgan fingerprint density at radius 1 is 0.382 bits per heavy atom. The maximum Gasteiger partial charge on any atom is 0.143 e. The first-order valence-corrected chi connectivity index (χ1v) is 17.7. The lowest BCUT2D eigenvalue weighted by Gasteiger charge is -2.26. The summed E-state index contributed by atoms with van der Waals surface area (Å²) < 4.78 is 115. The van der Waals surface area contributed by atoms with E-state index in [2.05, 4.69) is 30.3 Å². The van der Waals surface area contributed by atoms with E-state index in [1.807, 2.05) is 59.5 Å². The molecule has 0 N–H and O–H groups in total. The van der Waals surface area contributed by atoms with Gasteiger partial charge < -0.3 is 13.7 Å². The normalized spacial score (nSPS) is 14.7. The SMILES string of the molecule is [2H]c1c([2H])c([2H])c(-c2ccc(N(c3ccc(-c4ccc5ccc6oc7ccccc7c6c5c4)cc3)c3cccc(-c4c([2H])c([2H])c([2H])c5c4oc4c([2H])c([2H])c([2H])c([2H])c45)c3)cc2)c([2H])c1[2H].